The van der Waals surface area contributed by atoms with Gasteiger partial charge < -0.3 is 9.15 Å². The first-order valence-corrected chi connectivity index (χ1v) is 8.91. The zero-order chi connectivity index (χ0) is 19.7. The molecule has 1 heterocycles. The van der Waals surface area contributed by atoms with Gasteiger partial charge in [0.25, 0.3) is 0 Å². The van der Waals surface area contributed by atoms with Crippen molar-refractivity contribution in [2.24, 2.45) is 0 Å². The number of ether oxygens (including phenoxy) is 1. The van der Waals surface area contributed by atoms with Crippen LogP contribution in [0.3, 0.4) is 0 Å². The van der Waals surface area contributed by atoms with E-state index in [0.717, 1.165) is 38.9 Å². The van der Waals surface area contributed by atoms with Gasteiger partial charge in [-0.1, -0.05) is 43.0 Å². The summed E-state index contributed by atoms with van der Waals surface area (Å²) in [6, 6.07) is 21.0. The molecule has 0 aliphatic rings. The van der Waals surface area contributed by atoms with Crippen molar-refractivity contribution in [2.45, 2.75) is 6.92 Å². The quantitative estimate of drug-likeness (QED) is 0.436. The van der Waals surface area contributed by atoms with Gasteiger partial charge in [0.1, 0.15) is 5.52 Å². The van der Waals surface area contributed by atoms with Crippen LogP contribution in [0.5, 0.6) is 0 Å². The van der Waals surface area contributed by atoms with Crippen molar-refractivity contribution in [3.8, 4) is 11.5 Å². The van der Waals surface area contributed by atoms with Crippen LogP contribution in [0.1, 0.15) is 27.0 Å². The molecule has 0 aliphatic heterocycles. The summed E-state index contributed by atoms with van der Waals surface area (Å²) < 4.78 is 10.7. The number of fused-ring (bicyclic) bond motifs is 1. The van der Waals surface area contributed by atoms with Crippen LogP contribution in [0.4, 0.5) is 0 Å². The molecule has 0 amide bonds. The Labute approximate surface area is 163 Å². The van der Waals surface area contributed by atoms with Gasteiger partial charge in [-0.3, -0.25) is 0 Å². The van der Waals surface area contributed by atoms with E-state index in [1.165, 1.54) is 7.11 Å². The van der Waals surface area contributed by atoms with E-state index in [0.29, 0.717) is 11.5 Å². The Morgan fingerprint density at radius 3 is 2.46 bits per heavy atom. The van der Waals surface area contributed by atoms with Gasteiger partial charge in [-0.2, -0.15) is 0 Å². The second-order valence-electron chi connectivity index (χ2n) is 6.58. The van der Waals surface area contributed by atoms with Crippen molar-refractivity contribution < 1.29 is 13.9 Å². The molecular formula is C24H19NO3. The maximum absolute atomic E-state index is 11.6. The van der Waals surface area contributed by atoms with E-state index in [-0.39, 0.29) is 5.97 Å². The van der Waals surface area contributed by atoms with Crippen LogP contribution >= 0.6 is 0 Å². The molecule has 4 rings (SSSR count). The van der Waals surface area contributed by atoms with E-state index in [9.17, 15) is 4.79 Å². The summed E-state index contributed by atoms with van der Waals surface area (Å²) in [5, 5.41) is 0. The van der Waals surface area contributed by atoms with Gasteiger partial charge >= 0.3 is 5.97 Å². The summed E-state index contributed by atoms with van der Waals surface area (Å²) in [7, 11) is 1.37. The van der Waals surface area contributed by atoms with E-state index in [4.69, 9.17) is 9.15 Å². The molecule has 0 bridgehead atoms. The van der Waals surface area contributed by atoms with E-state index < -0.39 is 0 Å². The molecule has 0 saturated carbocycles. The molecule has 138 valence electrons. The van der Waals surface area contributed by atoms with Crippen molar-refractivity contribution in [2.75, 3.05) is 7.11 Å². The smallest absolute Gasteiger partial charge is 0.337 e. The summed E-state index contributed by atoms with van der Waals surface area (Å²) in [6.07, 6.45) is 0. The zero-order valence-corrected chi connectivity index (χ0v) is 15.7. The average molecular weight is 369 g/mol. The zero-order valence-electron chi connectivity index (χ0n) is 15.7. The Kier molecular flexibility index (Phi) is 4.53. The fourth-order valence-corrected chi connectivity index (χ4v) is 3.17. The van der Waals surface area contributed by atoms with Gasteiger partial charge in [-0.25, -0.2) is 9.78 Å². The SMILES string of the molecule is C=C(c1ccc(C(=O)OC)cc1)c1ccccc1-c1nc2cc(C)ccc2o1. The first-order chi connectivity index (χ1) is 13.6. The van der Waals surface area contributed by atoms with Crippen molar-refractivity contribution in [3.05, 3.63) is 95.6 Å². The van der Waals surface area contributed by atoms with Crippen LogP contribution in [0.25, 0.3) is 28.1 Å². The lowest BCUT2D eigenvalue weighted by molar-refractivity contribution is 0.0600. The molecule has 0 aliphatic carbocycles. The molecule has 0 saturated heterocycles. The third-order valence-electron chi connectivity index (χ3n) is 4.68. The van der Waals surface area contributed by atoms with Gasteiger partial charge in [-0.05, 0) is 59.5 Å². The highest BCUT2D eigenvalue weighted by atomic mass is 16.5. The largest absolute Gasteiger partial charge is 0.465 e. The topological polar surface area (TPSA) is 52.3 Å². The minimum Gasteiger partial charge on any atom is -0.465 e. The molecule has 4 heteroatoms. The molecule has 4 nitrogen and oxygen atoms in total. The van der Waals surface area contributed by atoms with Crippen molar-refractivity contribution >= 4 is 22.6 Å². The van der Waals surface area contributed by atoms with E-state index >= 15 is 0 Å². The number of esters is 1. The number of oxazole rings is 1. The predicted octanol–water partition coefficient (Wildman–Crippen LogP) is 5.65. The van der Waals surface area contributed by atoms with Crippen LogP contribution in [-0.2, 0) is 4.74 Å². The number of aromatic nitrogens is 1. The van der Waals surface area contributed by atoms with E-state index in [1.807, 2.05) is 61.5 Å². The molecule has 0 N–H and O–H groups in total. The number of hydrogen-bond acceptors (Lipinski definition) is 4. The van der Waals surface area contributed by atoms with Gasteiger partial charge in [-0.15, -0.1) is 0 Å². The van der Waals surface area contributed by atoms with Crippen LogP contribution < -0.4 is 0 Å². The predicted molar refractivity (Wildman–Crippen MR) is 110 cm³/mol. The third kappa shape index (κ3) is 3.21. The minimum absolute atomic E-state index is 0.362. The highest BCUT2D eigenvalue weighted by molar-refractivity contribution is 5.91. The number of aryl methyl sites for hydroxylation is 1. The summed E-state index contributed by atoms with van der Waals surface area (Å²) in [5.41, 5.74) is 6.76. The van der Waals surface area contributed by atoms with Crippen molar-refractivity contribution in [1.29, 1.82) is 0 Å². The first-order valence-electron chi connectivity index (χ1n) is 8.91. The molecule has 4 aromatic rings. The second-order valence-corrected chi connectivity index (χ2v) is 6.58. The molecule has 0 spiro atoms. The average Bonchev–Trinajstić information content (AvgIpc) is 3.15. The molecule has 0 fully saturated rings. The number of benzene rings is 3. The van der Waals surface area contributed by atoms with E-state index in [2.05, 4.69) is 11.6 Å². The maximum atomic E-state index is 11.6. The Morgan fingerprint density at radius 1 is 1.00 bits per heavy atom. The lowest BCUT2D eigenvalue weighted by Crippen LogP contribution is -2.01. The lowest BCUT2D eigenvalue weighted by Gasteiger charge is -2.11. The van der Waals surface area contributed by atoms with Gasteiger partial charge in [0, 0.05) is 5.56 Å². The number of carbonyl (C=O) groups excluding carboxylic acids is 1. The summed E-state index contributed by atoms with van der Waals surface area (Å²) in [4.78, 5) is 16.3. The van der Waals surface area contributed by atoms with Crippen LogP contribution in [0.15, 0.2) is 77.7 Å². The van der Waals surface area contributed by atoms with Gasteiger partial charge in [0.2, 0.25) is 5.89 Å². The Hall–Kier alpha value is -3.66. The second kappa shape index (κ2) is 7.16. The monoisotopic (exact) mass is 369 g/mol. The Bertz CT molecular complexity index is 1190. The Morgan fingerprint density at radius 2 is 1.71 bits per heavy atom. The molecule has 28 heavy (non-hydrogen) atoms. The number of methoxy groups -OCH3 is 1. The molecule has 0 atom stereocenters. The fraction of sp³-hybridized carbons (Fsp3) is 0.0833. The number of nitrogens with zero attached hydrogens (tertiary/aromatic N) is 1. The number of carbonyl (C=O) groups is 1. The third-order valence-corrected chi connectivity index (χ3v) is 4.68. The molecule has 3 aromatic carbocycles. The minimum atomic E-state index is -0.362. The highest BCUT2D eigenvalue weighted by Gasteiger charge is 2.15. The first kappa shape index (κ1) is 17.7. The maximum Gasteiger partial charge on any atom is 0.337 e. The van der Waals surface area contributed by atoms with Crippen molar-refractivity contribution in [1.82, 2.24) is 4.98 Å². The summed E-state index contributed by atoms with van der Waals surface area (Å²) in [6.45, 7) is 6.29. The van der Waals surface area contributed by atoms with E-state index in [1.54, 1.807) is 12.1 Å². The standard InChI is InChI=1S/C24H19NO3/c1-15-8-13-22-21(14-15)25-23(28-22)20-7-5-4-6-19(20)16(2)17-9-11-18(12-10-17)24(26)27-3/h4-14H,2H2,1,3H3. The molecular weight excluding hydrogens is 350 g/mol. The number of rotatable bonds is 4. The van der Waals surface area contributed by atoms with Crippen molar-refractivity contribution in [3.63, 3.8) is 0 Å². The lowest BCUT2D eigenvalue weighted by atomic mass is 9.94. The highest BCUT2D eigenvalue weighted by Crippen LogP contribution is 2.33. The van der Waals surface area contributed by atoms with Gasteiger partial charge in [0.15, 0.2) is 5.58 Å². The van der Waals surface area contributed by atoms with Crippen LogP contribution in [-0.4, -0.2) is 18.1 Å². The molecule has 0 radical (unpaired) electrons. The number of hydrogen-bond donors (Lipinski definition) is 0. The summed E-state index contributed by atoms with van der Waals surface area (Å²) in [5.74, 6) is 0.197. The Balaban J connectivity index is 1.74. The van der Waals surface area contributed by atoms with Crippen LogP contribution in [0, 0.1) is 6.92 Å². The molecule has 0 unspecified atom stereocenters. The van der Waals surface area contributed by atoms with Crippen LogP contribution in [0.2, 0.25) is 0 Å². The fourth-order valence-electron chi connectivity index (χ4n) is 3.17. The van der Waals surface area contributed by atoms with Gasteiger partial charge in [0.05, 0.1) is 12.7 Å². The summed E-state index contributed by atoms with van der Waals surface area (Å²) >= 11 is 0. The normalized spacial score (nSPS) is 10.8. The molecule has 1 aromatic heterocycles.